The number of aliphatic hydroxyl groups is 22. The third kappa shape index (κ3) is 29.9. The van der Waals surface area contributed by atoms with Crippen LogP contribution in [0.15, 0.2) is 60.7 Å². The molecule has 39 atom stereocenters. The average Bonchev–Trinajstić information content (AvgIpc) is 0.765. The number of carbonyl (C=O) groups excluding carboxylic acids is 4. The van der Waals surface area contributed by atoms with Crippen LogP contribution in [0.1, 0.15) is 115 Å². The summed E-state index contributed by atoms with van der Waals surface area (Å²) in [5, 5.41) is 257. The van der Waals surface area contributed by atoms with Crippen LogP contribution in [0.3, 0.4) is 0 Å². The molecule has 9 aliphatic heterocycles. The van der Waals surface area contributed by atoms with Crippen LogP contribution >= 0.6 is 0 Å². The van der Waals surface area contributed by atoms with Crippen LogP contribution in [0.25, 0.3) is 0 Å². The normalized spacial score (nSPS) is 39.4. The first-order chi connectivity index (χ1) is 65.3. The zero-order valence-electron chi connectivity index (χ0n) is 76.1. The van der Waals surface area contributed by atoms with Crippen LogP contribution < -0.4 is 10.6 Å². The van der Waals surface area contributed by atoms with Crippen molar-refractivity contribution in [3.05, 3.63) is 71.8 Å². The summed E-state index contributed by atoms with van der Waals surface area (Å²) in [7, 11) is 0. The van der Waals surface area contributed by atoms with E-state index in [4.69, 9.17) is 80.5 Å². The molecule has 47 heteroatoms. The quantitative estimate of drug-likeness (QED) is 0.0274. The molecule has 0 aliphatic carbocycles. The zero-order chi connectivity index (χ0) is 98.1. The molecule has 11 rings (SSSR count). The molecule has 0 aromatic heterocycles. The number of nitrogens with zero attached hydrogens (tertiary/aromatic N) is 2. The fourth-order valence-electron chi connectivity index (χ4n) is 18.1. The second kappa shape index (κ2) is 54.7. The Morgan fingerprint density at radius 2 is 0.588 bits per heavy atom. The standard InChI is InChI=1S/C89H142N4O43/c1-44(2)76-69(113)77(62(106)51(37-96)123-76)132-87-73(117)81(66(110)55(41-100)127-87)134-88-74(118)82(67(111)56(42-101)128-88)135-89-75(119)83(136-86-72(116)79(64(108)54(40-99)126-86)131-61-34-93(32-50(36-95)122-61)28-16-14-24-48(103)22-10-12-26-59(105)91-30-46-19-7-4-8-20-46)68(112)57(129-89)43-120-84-70(114)80(65(109)52(38-97)124-84)133-85-71(115)78(63(107)53(39-98)125-85)130-60-33-92(31-49(35-94)121-60)27-15-13-23-47(102)21-9-11-25-58(104)90-29-45-17-5-3-6-18-45/h3-8,17-20,44,49-57,60-89,94-101,106-119H,9-16,21-43H2,1-2H3,(H,90,104)(H,91,105). The van der Waals surface area contributed by atoms with E-state index >= 15 is 0 Å². The molecule has 2 aromatic rings. The number of benzene rings is 2. The minimum Gasteiger partial charge on any atom is -0.394 e. The SMILES string of the molecule is CC(C)C1OC(CO)C(O)C(OC2OC(CO)C(O)C(OC3OC(CO)C(O)C(OC4OC(COC5OC(CO)C(O)C(OC6OC(CO)C(O)C(OC7CN(CCCCC(=O)CCCCC(=O)NCc8ccccc8)CC(CO)O7)C6O)C5O)C(O)C(OC5OC(CO)C(O)C(OC6CN(CCCCC(=O)CCCCC(=O)NCc7ccccc7)CC(CO)O6)C5O)C4O)C3O)C2O)C1O. The van der Waals surface area contributed by atoms with Gasteiger partial charge in [0, 0.05) is 77.8 Å². The maximum Gasteiger partial charge on any atom is 0.220 e. The Kier molecular flexibility index (Phi) is 44.8. The van der Waals surface area contributed by atoms with E-state index < -0.39 is 305 Å². The summed E-state index contributed by atoms with van der Waals surface area (Å²) in [5.74, 6) is -0.689. The second-order valence-electron chi connectivity index (χ2n) is 36.3. The number of ketones is 2. The van der Waals surface area contributed by atoms with Gasteiger partial charge in [0.15, 0.2) is 50.3 Å². The second-order valence-corrected chi connectivity index (χ2v) is 36.3. The Hall–Kier alpha value is -4.92. The summed E-state index contributed by atoms with van der Waals surface area (Å²) in [5.41, 5.74) is 1.92. The van der Waals surface area contributed by atoms with Crippen LogP contribution in [0, 0.1) is 5.92 Å². The number of nitrogens with one attached hydrogen (secondary N) is 2. The van der Waals surface area contributed by atoms with Crippen LogP contribution in [-0.2, 0) is 113 Å². The maximum atomic E-state index is 13.0. The van der Waals surface area contributed by atoms with E-state index in [0.29, 0.717) is 77.5 Å². The van der Waals surface area contributed by atoms with E-state index in [1.54, 1.807) is 13.8 Å². The third-order valence-corrected chi connectivity index (χ3v) is 25.9. The summed E-state index contributed by atoms with van der Waals surface area (Å²) >= 11 is 0. The van der Waals surface area contributed by atoms with E-state index in [0.717, 1.165) is 11.1 Å². The molecule has 0 saturated carbocycles. The van der Waals surface area contributed by atoms with E-state index in [1.165, 1.54) is 0 Å². The van der Waals surface area contributed by atoms with Crippen molar-refractivity contribution in [2.24, 2.45) is 5.92 Å². The molecule has 0 spiro atoms. The number of morpholine rings is 2. The maximum absolute atomic E-state index is 13.0. The molecule has 9 aliphatic rings. The zero-order valence-corrected chi connectivity index (χ0v) is 76.1. The fraction of sp³-hybridized carbons (Fsp3) is 0.820. The largest absolute Gasteiger partial charge is 0.394 e. The van der Waals surface area contributed by atoms with Crippen LogP contribution in [-0.4, -0.2) is 484 Å². The van der Waals surface area contributed by atoms with Crippen molar-refractivity contribution < 1.29 is 212 Å². The van der Waals surface area contributed by atoms with Crippen LogP contribution in [0.5, 0.6) is 0 Å². The predicted octanol–water partition coefficient (Wildman–Crippen LogP) is -9.25. The fourth-order valence-corrected chi connectivity index (χ4v) is 18.1. The molecule has 9 fully saturated rings. The summed E-state index contributed by atoms with van der Waals surface area (Å²) in [4.78, 5) is 54.4. The Labute approximate surface area is 785 Å². The highest BCUT2D eigenvalue weighted by atomic mass is 16.8. The Bertz CT molecular complexity index is 3820. The minimum absolute atomic E-state index is 0.00183. The monoisotopic (exact) mass is 1950 g/mol. The van der Waals surface area contributed by atoms with Crippen LogP contribution in [0.4, 0.5) is 0 Å². The van der Waals surface area contributed by atoms with E-state index in [1.807, 2.05) is 70.5 Å². The number of rotatable bonds is 50. The summed E-state index contributed by atoms with van der Waals surface area (Å²) in [6, 6.07) is 18.9. The molecule has 39 unspecified atom stereocenters. The van der Waals surface area contributed by atoms with Crippen LogP contribution in [0.2, 0.25) is 0 Å². The highest BCUT2D eigenvalue weighted by Crippen LogP contribution is 2.40. The smallest absolute Gasteiger partial charge is 0.220 e. The number of amides is 2. The topological polar surface area (TPSA) is 701 Å². The third-order valence-electron chi connectivity index (χ3n) is 25.9. The van der Waals surface area contributed by atoms with Gasteiger partial charge in [-0.1, -0.05) is 74.5 Å². The van der Waals surface area contributed by atoms with Gasteiger partial charge in [0.25, 0.3) is 0 Å². The average molecular weight is 1960 g/mol. The number of hydrogen-bond acceptors (Lipinski definition) is 45. The Morgan fingerprint density at radius 1 is 0.316 bits per heavy atom. The van der Waals surface area contributed by atoms with Crippen molar-refractivity contribution >= 4 is 23.4 Å². The van der Waals surface area contributed by atoms with Crippen molar-refractivity contribution in [3.63, 3.8) is 0 Å². The predicted molar refractivity (Wildman–Crippen MR) is 458 cm³/mol. The molecule has 24 N–H and O–H groups in total. The first-order valence-electron chi connectivity index (χ1n) is 46.9. The van der Waals surface area contributed by atoms with Crippen molar-refractivity contribution in [1.29, 1.82) is 0 Å². The number of unbranched alkanes of at least 4 members (excludes halogenated alkanes) is 4. The molecule has 0 radical (unpaired) electrons. The lowest BCUT2D eigenvalue weighted by Gasteiger charge is -2.50. The molecule has 136 heavy (non-hydrogen) atoms. The van der Waals surface area contributed by atoms with Crippen molar-refractivity contribution in [2.75, 3.05) is 98.7 Å². The number of Topliss-reactive ketones (excluding diaryl/α,β-unsaturated/α-hetero) is 2. The van der Waals surface area contributed by atoms with Gasteiger partial charge in [-0.05, 0) is 81.5 Å². The highest BCUT2D eigenvalue weighted by Gasteiger charge is 2.60. The van der Waals surface area contributed by atoms with Gasteiger partial charge in [-0.3, -0.25) is 29.0 Å². The minimum atomic E-state index is -2.46. The lowest BCUT2D eigenvalue weighted by Crippen LogP contribution is -2.68. The van der Waals surface area contributed by atoms with Gasteiger partial charge < -0.3 is 204 Å². The van der Waals surface area contributed by atoms with Crippen molar-refractivity contribution in [1.82, 2.24) is 20.4 Å². The van der Waals surface area contributed by atoms with Gasteiger partial charge in [0.05, 0.1) is 77.8 Å². The van der Waals surface area contributed by atoms with Gasteiger partial charge in [-0.25, -0.2) is 0 Å². The number of carbonyl (C=O) groups is 4. The lowest BCUT2D eigenvalue weighted by molar-refractivity contribution is -0.399. The molecule has 2 amide bonds. The van der Waals surface area contributed by atoms with Gasteiger partial charge in [-0.2, -0.15) is 0 Å². The van der Waals surface area contributed by atoms with E-state index in [9.17, 15) is 132 Å². The summed E-state index contributed by atoms with van der Waals surface area (Å²) in [6.45, 7) is -2.98. The molecule has 9 saturated heterocycles. The first-order valence-corrected chi connectivity index (χ1v) is 46.9. The molecular weight excluding hydrogens is 1810 g/mol. The molecule has 2 aromatic carbocycles. The number of ether oxygens (including phenoxy) is 17. The Morgan fingerprint density at radius 3 is 0.904 bits per heavy atom. The van der Waals surface area contributed by atoms with Gasteiger partial charge in [0.2, 0.25) is 11.8 Å². The molecular formula is C89H142N4O43. The van der Waals surface area contributed by atoms with Gasteiger partial charge in [-0.15, -0.1) is 0 Å². The van der Waals surface area contributed by atoms with Crippen molar-refractivity contribution in [3.8, 4) is 0 Å². The molecule has 9 heterocycles. The number of aliphatic hydroxyl groups excluding tert-OH is 22. The van der Waals surface area contributed by atoms with Gasteiger partial charge >= 0.3 is 0 Å². The van der Waals surface area contributed by atoms with Crippen molar-refractivity contribution in [2.45, 2.75) is 356 Å². The van der Waals surface area contributed by atoms with E-state index in [2.05, 4.69) is 10.6 Å². The Balaban J connectivity index is 0.770. The van der Waals surface area contributed by atoms with E-state index in [-0.39, 0.29) is 88.1 Å². The lowest BCUT2D eigenvalue weighted by atomic mass is 9.89. The molecule has 47 nitrogen and oxygen atoms in total. The first kappa shape index (κ1) is 111. The summed E-state index contributed by atoms with van der Waals surface area (Å²) < 4.78 is 102. The molecule has 0 bridgehead atoms. The molecule has 776 valence electrons. The highest BCUT2D eigenvalue weighted by molar-refractivity contribution is 5.79. The summed E-state index contributed by atoms with van der Waals surface area (Å²) in [6.07, 6.45) is -68.5. The van der Waals surface area contributed by atoms with Gasteiger partial charge in [0.1, 0.15) is 182 Å². The number of hydrogen-bond donors (Lipinski definition) is 24.